The van der Waals surface area contributed by atoms with Crippen molar-refractivity contribution in [2.75, 3.05) is 13.1 Å². The number of nitrogens with zero attached hydrogens (tertiary/aromatic N) is 1. The van der Waals surface area contributed by atoms with Crippen molar-refractivity contribution in [1.29, 1.82) is 0 Å². The summed E-state index contributed by atoms with van der Waals surface area (Å²) in [4.78, 5) is 27.3. The minimum Gasteiger partial charge on any atom is -0.317 e. The molecule has 0 saturated carbocycles. The Morgan fingerprint density at radius 3 is 2.50 bits per heavy atom. The first-order valence-corrected chi connectivity index (χ1v) is 5.98. The molecule has 0 aromatic carbocycles. The normalized spacial score (nSPS) is 16.0. The Bertz CT molecular complexity index is 415. The van der Waals surface area contributed by atoms with E-state index in [-0.39, 0.29) is 17.7 Å². The fourth-order valence-corrected chi connectivity index (χ4v) is 1.88. The van der Waals surface area contributed by atoms with Crippen LogP contribution in [0.25, 0.3) is 0 Å². The molecular formula is C12H16N4O2. The van der Waals surface area contributed by atoms with Crippen LogP contribution in [0.15, 0.2) is 24.5 Å². The fraction of sp³-hybridized carbons (Fsp3) is 0.417. The van der Waals surface area contributed by atoms with Gasteiger partial charge in [0.25, 0.3) is 5.91 Å². The molecule has 1 fully saturated rings. The van der Waals surface area contributed by atoms with E-state index in [1.165, 1.54) is 12.4 Å². The lowest BCUT2D eigenvalue weighted by atomic mass is 9.98. The zero-order valence-corrected chi connectivity index (χ0v) is 9.98. The molecule has 2 heterocycles. The fourth-order valence-electron chi connectivity index (χ4n) is 1.88. The number of hydrazine groups is 1. The summed E-state index contributed by atoms with van der Waals surface area (Å²) in [5, 5.41) is 3.19. The van der Waals surface area contributed by atoms with Crippen LogP contribution in [-0.2, 0) is 4.79 Å². The maximum absolute atomic E-state index is 11.8. The summed E-state index contributed by atoms with van der Waals surface area (Å²) in [6, 6.07) is 3.18. The highest BCUT2D eigenvalue weighted by Crippen LogP contribution is 2.10. The second-order valence-electron chi connectivity index (χ2n) is 4.20. The summed E-state index contributed by atoms with van der Waals surface area (Å²) in [5.74, 6) is -0.484. The monoisotopic (exact) mass is 248 g/mol. The highest BCUT2D eigenvalue weighted by Gasteiger charge is 2.21. The highest BCUT2D eigenvalue weighted by atomic mass is 16.2. The highest BCUT2D eigenvalue weighted by molar-refractivity contribution is 5.95. The number of carbonyl (C=O) groups is 2. The summed E-state index contributed by atoms with van der Waals surface area (Å²) in [6.45, 7) is 1.69. The predicted molar refractivity (Wildman–Crippen MR) is 65.4 cm³/mol. The van der Waals surface area contributed by atoms with Crippen molar-refractivity contribution in [3.8, 4) is 0 Å². The van der Waals surface area contributed by atoms with Crippen molar-refractivity contribution in [1.82, 2.24) is 21.2 Å². The SMILES string of the molecule is O=C(NNC(=O)C1CCNCC1)c1ccncc1. The van der Waals surface area contributed by atoms with E-state index >= 15 is 0 Å². The van der Waals surface area contributed by atoms with E-state index in [0.717, 1.165) is 25.9 Å². The van der Waals surface area contributed by atoms with Gasteiger partial charge in [-0.25, -0.2) is 0 Å². The van der Waals surface area contributed by atoms with Gasteiger partial charge in [-0.15, -0.1) is 0 Å². The van der Waals surface area contributed by atoms with Crippen LogP contribution in [0.3, 0.4) is 0 Å². The van der Waals surface area contributed by atoms with Gasteiger partial charge < -0.3 is 5.32 Å². The lowest BCUT2D eigenvalue weighted by molar-refractivity contribution is -0.126. The van der Waals surface area contributed by atoms with E-state index < -0.39 is 0 Å². The molecule has 0 aliphatic carbocycles. The average molecular weight is 248 g/mol. The molecule has 1 aliphatic heterocycles. The van der Waals surface area contributed by atoms with Crippen LogP contribution in [0.4, 0.5) is 0 Å². The lowest BCUT2D eigenvalue weighted by Crippen LogP contribution is -2.46. The number of pyridine rings is 1. The zero-order valence-electron chi connectivity index (χ0n) is 9.98. The summed E-state index contributed by atoms with van der Waals surface area (Å²) in [5.41, 5.74) is 5.34. The van der Waals surface area contributed by atoms with Crippen LogP contribution in [0.5, 0.6) is 0 Å². The number of piperidine rings is 1. The third-order valence-electron chi connectivity index (χ3n) is 2.95. The number of rotatable bonds is 2. The standard InChI is InChI=1S/C12H16N4O2/c17-11(9-1-5-13-6-2-9)15-16-12(18)10-3-7-14-8-4-10/h1-2,5-6,10,14H,3-4,7-8H2,(H,15,17)(H,16,18). The lowest BCUT2D eigenvalue weighted by Gasteiger charge is -2.21. The molecule has 6 nitrogen and oxygen atoms in total. The van der Waals surface area contributed by atoms with Gasteiger partial charge >= 0.3 is 0 Å². The molecule has 1 aromatic rings. The molecule has 1 saturated heterocycles. The molecule has 0 radical (unpaired) electrons. The Labute approximate surface area is 105 Å². The van der Waals surface area contributed by atoms with Gasteiger partial charge in [-0.05, 0) is 38.1 Å². The minimum atomic E-state index is -0.334. The Morgan fingerprint density at radius 2 is 1.83 bits per heavy atom. The number of nitrogens with one attached hydrogen (secondary N) is 3. The van der Waals surface area contributed by atoms with Crippen LogP contribution >= 0.6 is 0 Å². The van der Waals surface area contributed by atoms with E-state index in [0.29, 0.717) is 5.56 Å². The molecule has 2 amide bonds. The Hall–Kier alpha value is -1.95. The first-order valence-electron chi connectivity index (χ1n) is 5.98. The molecule has 0 atom stereocenters. The van der Waals surface area contributed by atoms with Crippen LogP contribution < -0.4 is 16.2 Å². The maximum atomic E-state index is 11.8. The van der Waals surface area contributed by atoms with Crippen molar-refractivity contribution >= 4 is 11.8 Å². The van der Waals surface area contributed by atoms with Gasteiger partial charge in [0.2, 0.25) is 5.91 Å². The van der Waals surface area contributed by atoms with Crippen molar-refractivity contribution < 1.29 is 9.59 Å². The molecule has 6 heteroatoms. The number of aromatic nitrogens is 1. The Kier molecular flexibility index (Phi) is 4.25. The molecule has 0 bridgehead atoms. The van der Waals surface area contributed by atoms with E-state index in [4.69, 9.17) is 0 Å². The van der Waals surface area contributed by atoms with Gasteiger partial charge in [-0.1, -0.05) is 0 Å². The van der Waals surface area contributed by atoms with Crippen molar-refractivity contribution in [3.63, 3.8) is 0 Å². The zero-order chi connectivity index (χ0) is 12.8. The number of hydrogen-bond donors (Lipinski definition) is 3. The molecule has 2 rings (SSSR count). The number of hydrogen-bond acceptors (Lipinski definition) is 4. The molecule has 96 valence electrons. The first kappa shape index (κ1) is 12.5. The van der Waals surface area contributed by atoms with Crippen molar-refractivity contribution in [3.05, 3.63) is 30.1 Å². The second kappa shape index (κ2) is 6.11. The summed E-state index contributed by atoms with van der Waals surface area (Å²) >= 11 is 0. The van der Waals surface area contributed by atoms with E-state index in [1.807, 2.05) is 0 Å². The summed E-state index contributed by atoms with van der Waals surface area (Å²) < 4.78 is 0. The first-order chi connectivity index (χ1) is 8.77. The largest absolute Gasteiger partial charge is 0.317 e. The molecule has 1 aliphatic rings. The van der Waals surface area contributed by atoms with Gasteiger partial charge in [0, 0.05) is 23.9 Å². The number of carbonyl (C=O) groups excluding carboxylic acids is 2. The third kappa shape index (κ3) is 3.27. The molecule has 0 spiro atoms. The smallest absolute Gasteiger partial charge is 0.269 e. The van der Waals surface area contributed by atoms with E-state index in [1.54, 1.807) is 12.1 Å². The predicted octanol–water partition coefficient (Wildman–Crippen LogP) is -0.158. The molecule has 1 aromatic heterocycles. The van der Waals surface area contributed by atoms with E-state index in [2.05, 4.69) is 21.2 Å². The second-order valence-corrected chi connectivity index (χ2v) is 4.20. The van der Waals surface area contributed by atoms with Gasteiger partial charge in [-0.2, -0.15) is 0 Å². The van der Waals surface area contributed by atoms with Crippen LogP contribution in [0, 0.1) is 5.92 Å². The topological polar surface area (TPSA) is 83.1 Å². The van der Waals surface area contributed by atoms with Crippen LogP contribution in [0.2, 0.25) is 0 Å². The Morgan fingerprint density at radius 1 is 1.17 bits per heavy atom. The van der Waals surface area contributed by atoms with Gasteiger partial charge in [0.15, 0.2) is 0 Å². The summed E-state index contributed by atoms with van der Waals surface area (Å²) in [7, 11) is 0. The number of amides is 2. The van der Waals surface area contributed by atoms with Crippen molar-refractivity contribution in [2.45, 2.75) is 12.8 Å². The van der Waals surface area contributed by atoms with Gasteiger partial charge in [0.1, 0.15) is 0 Å². The van der Waals surface area contributed by atoms with Gasteiger partial charge in [0.05, 0.1) is 0 Å². The third-order valence-corrected chi connectivity index (χ3v) is 2.95. The molecule has 18 heavy (non-hydrogen) atoms. The van der Waals surface area contributed by atoms with Crippen molar-refractivity contribution in [2.24, 2.45) is 5.92 Å². The summed E-state index contributed by atoms with van der Waals surface area (Å²) in [6.07, 6.45) is 4.67. The van der Waals surface area contributed by atoms with Crippen LogP contribution in [-0.4, -0.2) is 29.9 Å². The van der Waals surface area contributed by atoms with Gasteiger partial charge in [-0.3, -0.25) is 25.4 Å². The quantitative estimate of drug-likeness (QED) is 0.635. The maximum Gasteiger partial charge on any atom is 0.269 e. The Balaban J connectivity index is 1.80. The molecule has 0 unspecified atom stereocenters. The average Bonchev–Trinajstić information content (AvgIpc) is 2.46. The molecular weight excluding hydrogens is 232 g/mol. The molecule has 3 N–H and O–H groups in total. The minimum absolute atomic E-state index is 0.0241. The van der Waals surface area contributed by atoms with Crippen LogP contribution in [0.1, 0.15) is 23.2 Å². The van der Waals surface area contributed by atoms with E-state index in [9.17, 15) is 9.59 Å².